The lowest BCUT2D eigenvalue weighted by atomic mass is 10.2. The Morgan fingerprint density at radius 2 is 2.22 bits per heavy atom. The van der Waals surface area contributed by atoms with Crippen molar-refractivity contribution >= 4 is 38.5 Å². The Balaban J connectivity index is 3.31. The molecular formula is C11H9BrN4OS. The lowest BCUT2D eigenvalue weighted by molar-refractivity contribution is 0.412. The molecule has 0 aliphatic rings. The predicted octanol–water partition coefficient (Wildman–Crippen LogP) is 2.75. The number of nitriles is 2. The fraction of sp³-hybridized carbons (Fsp3) is 0.182. The van der Waals surface area contributed by atoms with Crippen LogP contribution in [0.1, 0.15) is 5.56 Å². The third kappa shape index (κ3) is 3.39. The van der Waals surface area contributed by atoms with Gasteiger partial charge in [-0.3, -0.25) is 5.32 Å². The summed E-state index contributed by atoms with van der Waals surface area (Å²) in [7, 11) is 1.53. The number of hydrogen-bond donors (Lipinski definition) is 1. The molecule has 0 atom stereocenters. The summed E-state index contributed by atoms with van der Waals surface area (Å²) in [6.45, 7) is 0. The van der Waals surface area contributed by atoms with E-state index >= 15 is 0 Å². The van der Waals surface area contributed by atoms with E-state index in [4.69, 9.17) is 15.3 Å². The highest BCUT2D eigenvalue weighted by Gasteiger charge is 2.09. The molecule has 0 radical (unpaired) electrons. The molecule has 1 aromatic rings. The van der Waals surface area contributed by atoms with E-state index in [9.17, 15) is 0 Å². The number of hydrogen-bond acceptors (Lipinski definition) is 5. The van der Waals surface area contributed by atoms with Gasteiger partial charge in [-0.2, -0.15) is 10.5 Å². The van der Waals surface area contributed by atoms with Crippen LogP contribution in [-0.2, 0) is 0 Å². The van der Waals surface area contributed by atoms with Gasteiger partial charge in [-0.05, 0) is 28.3 Å². The van der Waals surface area contributed by atoms with Gasteiger partial charge < -0.3 is 4.74 Å². The maximum Gasteiger partial charge on any atom is 0.183 e. The summed E-state index contributed by atoms with van der Waals surface area (Å²) in [5, 5.41) is 20.5. The molecule has 1 N–H and O–H groups in total. The second-order valence-electron chi connectivity index (χ2n) is 2.97. The van der Waals surface area contributed by atoms with Crippen molar-refractivity contribution in [2.24, 2.45) is 4.99 Å². The number of aliphatic imine (C=N–C) groups is 1. The molecule has 0 aliphatic carbocycles. The molecule has 0 saturated carbocycles. The fourth-order valence-electron chi connectivity index (χ4n) is 1.16. The molecule has 7 heteroatoms. The first kappa shape index (κ1) is 14.4. The Morgan fingerprint density at radius 1 is 1.50 bits per heavy atom. The van der Waals surface area contributed by atoms with Crippen molar-refractivity contribution in [3.63, 3.8) is 0 Å². The van der Waals surface area contributed by atoms with Crippen LogP contribution in [0.4, 0.5) is 5.69 Å². The van der Waals surface area contributed by atoms with Gasteiger partial charge >= 0.3 is 0 Å². The smallest absolute Gasteiger partial charge is 0.183 e. The number of methoxy groups -OCH3 is 1. The second kappa shape index (κ2) is 6.90. The molecule has 0 aliphatic heterocycles. The molecule has 0 aromatic heterocycles. The largest absolute Gasteiger partial charge is 0.495 e. The van der Waals surface area contributed by atoms with Crippen LogP contribution in [0.25, 0.3) is 0 Å². The monoisotopic (exact) mass is 324 g/mol. The summed E-state index contributed by atoms with van der Waals surface area (Å²) in [6, 6.07) is 5.31. The maximum atomic E-state index is 9.05. The summed E-state index contributed by atoms with van der Waals surface area (Å²) in [6.07, 6.45) is 3.57. The van der Waals surface area contributed by atoms with Crippen molar-refractivity contribution in [3.8, 4) is 18.0 Å². The normalized spacial score (nSPS) is 10.4. The summed E-state index contributed by atoms with van der Waals surface area (Å²) < 4.78 is 5.82. The van der Waals surface area contributed by atoms with E-state index < -0.39 is 0 Å². The van der Waals surface area contributed by atoms with Crippen molar-refractivity contribution in [2.75, 3.05) is 13.4 Å². The van der Waals surface area contributed by atoms with E-state index in [1.807, 2.05) is 6.07 Å². The molecule has 92 valence electrons. The molecule has 5 nitrogen and oxygen atoms in total. The molecule has 0 bridgehead atoms. The zero-order valence-corrected chi connectivity index (χ0v) is 12.1. The van der Waals surface area contributed by atoms with E-state index in [0.29, 0.717) is 26.6 Å². The quantitative estimate of drug-likeness (QED) is 0.391. The zero-order valence-electron chi connectivity index (χ0n) is 9.69. The Hall–Kier alpha value is -1.70. The molecule has 0 amide bonds. The van der Waals surface area contributed by atoms with Gasteiger partial charge in [-0.15, -0.1) is 0 Å². The number of nitrogens with one attached hydrogen (secondary N) is 1. The van der Waals surface area contributed by atoms with Gasteiger partial charge in [0, 0.05) is 6.07 Å². The van der Waals surface area contributed by atoms with Crippen LogP contribution in [0.3, 0.4) is 0 Å². The van der Waals surface area contributed by atoms with Crippen molar-refractivity contribution < 1.29 is 4.74 Å². The number of thioether (sulfide) groups is 1. The zero-order chi connectivity index (χ0) is 13.5. The van der Waals surface area contributed by atoms with Crippen LogP contribution in [0, 0.1) is 22.8 Å². The van der Waals surface area contributed by atoms with E-state index in [2.05, 4.69) is 26.2 Å². The van der Waals surface area contributed by atoms with E-state index in [0.717, 1.165) is 0 Å². The fourth-order valence-corrected chi connectivity index (χ4v) is 2.01. The average molecular weight is 325 g/mol. The number of ether oxygens (including phenoxy) is 1. The molecule has 0 spiro atoms. The van der Waals surface area contributed by atoms with Crippen LogP contribution in [0.5, 0.6) is 5.75 Å². The Morgan fingerprint density at radius 3 is 2.72 bits per heavy atom. The maximum absolute atomic E-state index is 9.05. The molecule has 0 unspecified atom stereocenters. The first-order valence-corrected chi connectivity index (χ1v) is 6.73. The lowest BCUT2D eigenvalue weighted by Gasteiger charge is -2.07. The molecule has 1 aromatic carbocycles. The van der Waals surface area contributed by atoms with Gasteiger partial charge in [0.2, 0.25) is 0 Å². The third-order valence-electron chi connectivity index (χ3n) is 1.97. The number of nitrogens with zero attached hydrogens (tertiary/aromatic N) is 3. The third-order valence-corrected chi connectivity index (χ3v) is 3.17. The van der Waals surface area contributed by atoms with Crippen LogP contribution in [0.2, 0.25) is 0 Å². The minimum atomic E-state index is 0.397. The number of halogens is 1. The molecular weight excluding hydrogens is 316 g/mol. The Kier molecular flexibility index (Phi) is 5.50. The second-order valence-corrected chi connectivity index (χ2v) is 4.62. The first-order valence-electron chi connectivity index (χ1n) is 4.71. The highest BCUT2D eigenvalue weighted by molar-refractivity contribution is 9.10. The molecule has 1 rings (SSSR count). The van der Waals surface area contributed by atoms with Crippen molar-refractivity contribution in [3.05, 3.63) is 22.2 Å². The highest BCUT2D eigenvalue weighted by Crippen LogP contribution is 2.33. The number of rotatable bonds is 2. The van der Waals surface area contributed by atoms with Gasteiger partial charge in [-0.1, -0.05) is 11.8 Å². The van der Waals surface area contributed by atoms with E-state index in [-0.39, 0.29) is 0 Å². The van der Waals surface area contributed by atoms with Crippen LogP contribution < -0.4 is 10.1 Å². The van der Waals surface area contributed by atoms with Gasteiger partial charge in [0.15, 0.2) is 11.4 Å². The molecule has 0 heterocycles. The predicted molar refractivity (Wildman–Crippen MR) is 74.8 cm³/mol. The molecule has 0 fully saturated rings. The van der Waals surface area contributed by atoms with Crippen LogP contribution >= 0.6 is 27.7 Å². The lowest BCUT2D eigenvalue weighted by Crippen LogP contribution is -2.12. The summed E-state index contributed by atoms with van der Waals surface area (Å²) >= 11 is 4.58. The van der Waals surface area contributed by atoms with E-state index in [1.165, 1.54) is 18.9 Å². The topological polar surface area (TPSA) is 81.2 Å². The minimum Gasteiger partial charge on any atom is -0.495 e. The van der Waals surface area contributed by atoms with Crippen molar-refractivity contribution in [1.29, 1.82) is 10.5 Å². The summed E-state index contributed by atoms with van der Waals surface area (Å²) in [5.41, 5.74) is 0.846. The van der Waals surface area contributed by atoms with Gasteiger partial charge in [-0.25, -0.2) is 4.99 Å². The number of amidine groups is 1. The average Bonchev–Trinajstić information content (AvgIpc) is 2.39. The summed E-state index contributed by atoms with van der Waals surface area (Å²) in [4.78, 5) is 4.21. The van der Waals surface area contributed by atoms with Crippen molar-refractivity contribution in [2.45, 2.75) is 0 Å². The molecule has 0 saturated heterocycles. The Bertz CT molecular complexity index is 559. The summed E-state index contributed by atoms with van der Waals surface area (Å²) in [5.74, 6) is 0.574. The Labute approximate surface area is 118 Å². The molecule has 18 heavy (non-hydrogen) atoms. The minimum absolute atomic E-state index is 0.397. The standard InChI is InChI=1S/C11H9BrN4OS/c1-17-10-4-9(7(5-13)3-8(10)12)16-11(18-2)15-6-14/h3-4H,1-2H3,(H,15,16). The van der Waals surface area contributed by atoms with E-state index in [1.54, 1.807) is 24.6 Å². The first-order chi connectivity index (χ1) is 8.65. The van der Waals surface area contributed by atoms with Crippen LogP contribution in [0.15, 0.2) is 21.6 Å². The SMILES string of the molecule is COc1cc(N=C(NC#N)SC)c(C#N)cc1Br. The van der Waals surface area contributed by atoms with Crippen LogP contribution in [-0.4, -0.2) is 18.5 Å². The van der Waals surface area contributed by atoms with Crippen molar-refractivity contribution in [1.82, 2.24) is 5.32 Å². The van der Waals surface area contributed by atoms with Gasteiger partial charge in [0.25, 0.3) is 0 Å². The van der Waals surface area contributed by atoms with Gasteiger partial charge in [0.1, 0.15) is 11.8 Å². The van der Waals surface area contributed by atoms with Gasteiger partial charge in [0.05, 0.1) is 22.8 Å². The highest BCUT2D eigenvalue weighted by atomic mass is 79.9. The number of benzene rings is 1.